The minimum atomic E-state index is -0.873. The smallest absolute Gasteiger partial charge is 0.303 e. The van der Waals surface area contributed by atoms with Crippen LogP contribution in [0.5, 0.6) is 5.75 Å². The molecule has 1 aromatic carbocycles. The van der Waals surface area contributed by atoms with Crippen molar-refractivity contribution in [3.05, 3.63) is 29.7 Å². The predicted molar refractivity (Wildman–Crippen MR) is 61.9 cm³/mol. The van der Waals surface area contributed by atoms with Gasteiger partial charge < -0.3 is 10.2 Å². The van der Waals surface area contributed by atoms with Crippen molar-refractivity contribution in [1.82, 2.24) is 9.97 Å². The molecule has 0 bridgehead atoms. The molecule has 0 amide bonds. The Labute approximate surface area is 97.8 Å². The molecular weight excluding hydrogens is 220 g/mol. The first-order valence-electron chi connectivity index (χ1n) is 5.25. The number of nitrogens with zero attached hydrogens (tertiary/aromatic N) is 2. The van der Waals surface area contributed by atoms with Gasteiger partial charge >= 0.3 is 5.97 Å². The van der Waals surface area contributed by atoms with E-state index in [0.717, 1.165) is 0 Å². The monoisotopic (exact) mass is 232 g/mol. The Morgan fingerprint density at radius 3 is 2.82 bits per heavy atom. The highest BCUT2D eigenvalue weighted by atomic mass is 16.4. The van der Waals surface area contributed by atoms with Crippen LogP contribution in [-0.4, -0.2) is 26.2 Å². The summed E-state index contributed by atoms with van der Waals surface area (Å²) in [5.74, 6) is -0.241. The van der Waals surface area contributed by atoms with Gasteiger partial charge in [0.1, 0.15) is 11.6 Å². The van der Waals surface area contributed by atoms with Crippen molar-refractivity contribution in [1.29, 1.82) is 0 Å². The average Bonchev–Trinajstić information content (AvgIpc) is 2.26. The van der Waals surface area contributed by atoms with Gasteiger partial charge in [-0.25, -0.2) is 9.97 Å². The van der Waals surface area contributed by atoms with Crippen molar-refractivity contribution in [2.45, 2.75) is 19.8 Å². The van der Waals surface area contributed by atoms with Crippen LogP contribution in [0, 0.1) is 6.92 Å². The summed E-state index contributed by atoms with van der Waals surface area (Å²) in [5, 5.41) is 18.9. The molecule has 0 spiro atoms. The number of carbonyl (C=O) groups is 1. The van der Waals surface area contributed by atoms with Gasteiger partial charge in [-0.2, -0.15) is 0 Å². The first-order valence-corrected chi connectivity index (χ1v) is 5.25. The number of aryl methyl sites for hydroxylation is 2. The van der Waals surface area contributed by atoms with E-state index in [1.54, 1.807) is 25.1 Å². The van der Waals surface area contributed by atoms with Crippen LogP contribution >= 0.6 is 0 Å². The largest absolute Gasteiger partial charge is 0.507 e. The van der Waals surface area contributed by atoms with E-state index in [2.05, 4.69) is 9.97 Å². The minimum Gasteiger partial charge on any atom is -0.507 e. The molecule has 0 unspecified atom stereocenters. The van der Waals surface area contributed by atoms with E-state index in [1.165, 1.54) is 0 Å². The lowest BCUT2D eigenvalue weighted by Crippen LogP contribution is -2.03. The Kier molecular flexibility index (Phi) is 2.91. The second-order valence-corrected chi connectivity index (χ2v) is 3.79. The van der Waals surface area contributed by atoms with Crippen LogP contribution in [0.3, 0.4) is 0 Å². The summed E-state index contributed by atoms with van der Waals surface area (Å²) in [6, 6.07) is 5.05. The third kappa shape index (κ3) is 2.33. The molecule has 0 aliphatic carbocycles. The number of aromatic hydroxyl groups is 1. The number of phenolic OH excluding ortho intramolecular Hbond substituents is 1. The second kappa shape index (κ2) is 4.37. The number of hydrogen-bond donors (Lipinski definition) is 2. The fourth-order valence-electron chi connectivity index (χ4n) is 1.74. The SMILES string of the molecule is Cc1nc(CCC(=O)O)nc2cccc(O)c12. The molecule has 0 atom stereocenters. The Balaban J connectivity index is 2.45. The maximum atomic E-state index is 10.5. The van der Waals surface area contributed by atoms with Gasteiger partial charge in [0.25, 0.3) is 0 Å². The first-order chi connectivity index (χ1) is 8.08. The molecule has 0 saturated carbocycles. The van der Waals surface area contributed by atoms with Crippen molar-refractivity contribution in [2.24, 2.45) is 0 Å². The van der Waals surface area contributed by atoms with Crippen LogP contribution in [0.1, 0.15) is 17.9 Å². The number of carboxylic acids is 1. The lowest BCUT2D eigenvalue weighted by molar-refractivity contribution is -0.137. The zero-order chi connectivity index (χ0) is 12.4. The molecule has 1 aromatic heterocycles. The quantitative estimate of drug-likeness (QED) is 0.840. The van der Waals surface area contributed by atoms with Crippen LogP contribution < -0.4 is 0 Å². The van der Waals surface area contributed by atoms with E-state index in [-0.39, 0.29) is 12.2 Å². The minimum absolute atomic E-state index is 0.00373. The summed E-state index contributed by atoms with van der Waals surface area (Å²) in [6.45, 7) is 1.77. The fraction of sp³-hybridized carbons (Fsp3) is 0.250. The molecule has 17 heavy (non-hydrogen) atoms. The number of aliphatic carboxylic acids is 1. The lowest BCUT2D eigenvalue weighted by atomic mass is 10.1. The summed E-state index contributed by atoms with van der Waals surface area (Å²) in [4.78, 5) is 18.9. The van der Waals surface area contributed by atoms with Crippen LogP contribution in [0.15, 0.2) is 18.2 Å². The summed E-state index contributed by atoms with van der Waals surface area (Å²) >= 11 is 0. The fourth-order valence-corrected chi connectivity index (χ4v) is 1.74. The van der Waals surface area contributed by atoms with Gasteiger partial charge in [0.2, 0.25) is 0 Å². The van der Waals surface area contributed by atoms with Crippen molar-refractivity contribution in [2.75, 3.05) is 0 Å². The average molecular weight is 232 g/mol. The van der Waals surface area contributed by atoms with Crippen molar-refractivity contribution < 1.29 is 15.0 Å². The summed E-state index contributed by atoms with van der Waals surface area (Å²) in [5.41, 5.74) is 1.30. The number of carboxylic acid groups (broad SMARTS) is 1. The molecule has 0 radical (unpaired) electrons. The van der Waals surface area contributed by atoms with Crippen LogP contribution in [0.4, 0.5) is 0 Å². The molecule has 5 heteroatoms. The Morgan fingerprint density at radius 2 is 2.12 bits per heavy atom. The van der Waals surface area contributed by atoms with Crippen molar-refractivity contribution >= 4 is 16.9 Å². The van der Waals surface area contributed by atoms with E-state index in [9.17, 15) is 9.90 Å². The highest BCUT2D eigenvalue weighted by Crippen LogP contribution is 2.25. The van der Waals surface area contributed by atoms with Crippen molar-refractivity contribution in [3.8, 4) is 5.75 Å². The van der Waals surface area contributed by atoms with Crippen molar-refractivity contribution in [3.63, 3.8) is 0 Å². The Morgan fingerprint density at radius 1 is 1.35 bits per heavy atom. The highest BCUT2D eigenvalue weighted by molar-refractivity contribution is 5.86. The summed E-state index contributed by atoms with van der Waals surface area (Å²) in [7, 11) is 0. The number of phenols is 1. The van der Waals surface area contributed by atoms with Gasteiger partial charge in [0, 0.05) is 6.42 Å². The first kappa shape index (κ1) is 11.3. The van der Waals surface area contributed by atoms with E-state index >= 15 is 0 Å². The molecule has 2 aromatic rings. The van der Waals surface area contributed by atoms with Gasteiger partial charge in [0.15, 0.2) is 0 Å². The molecule has 0 aliphatic heterocycles. The number of aromatic nitrogens is 2. The normalized spacial score (nSPS) is 10.6. The number of rotatable bonds is 3. The number of benzene rings is 1. The predicted octanol–water partition coefficient (Wildman–Crippen LogP) is 1.66. The summed E-state index contributed by atoms with van der Waals surface area (Å²) < 4.78 is 0. The molecule has 2 rings (SSSR count). The topological polar surface area (TPSA) is 83.3 Å². The molecular formula is C12H12N2O3. The molecule has 0 saturated heterocycles. The van der Waals surface area contributed by atoms with Crippen LogP contribution in [0.25, 0.3) is 10.9 Å². The van der Waals surface area contributed by atoms with Gasteiger partial charge in [-0.15, -0.1) is 0 Å². The maximum Gasteiger partial charge on any atom is 0.303 e. The molecule has 2 N–H and O–H groups in total. The van der Waals surface area contributed by atoms with Gasteiger partial charge in [-0.05, 0) is 19.1 Å². The zero-order valence-electron chi connectivity index (χ0n) is 9.34. The Bertz CT molecular complexity index is 581. The third-order valence-electron chi connectivity index (χ3n) is 2.49. The van der Waals surface area contributed by atoms with Gasteiger partial charge in [-0.3, -0.25) is 4.79 Å². The third-order valence-corrected chi connectivity index (χ3v) is 2.49. The Hall–Kier alpha value is -2.17. The van der Waals surface area contributed by atoms with E-state index in [1.807, 2.05) is 0 Å². The number of fused-ring (bicyclic) bond motifs is 1. The van der Waals surface area contributed by atoms with E-state index in [0.29, 0.717) is 28.8 Å². The van der Waals surface area contributed by atoms with E-state index < -0.39 is 5.97 Å². The highest BCUT2D eigenvalue weighted by Gasteiger charge is 2.09. The maximum absolute atomic E-state index is 10.5. The molecule has 0 aliphatic rings. The standard InChI is InChI=1S/C12H12N2O3/c1-7-12-8(3-2-4-9(12)15)14-10(13-7)5-6-11(16)17/h2-4,15H,5-6H2,1H3,(H,16,17). The lowest BCUT2D eigenvalue weighted by Gasteiger charge is -2.06. The number of hydrogen-bond acceptors (Lipinski definition) is 4. The zero-order valence-corrected chi connectivity index (χ0v) is 9.34. The molecule has 1 heterocycles. The van der Waals surface area contributed by atoms with Crippen LogP contribution in [0.2, 0.25) is 0 Å². The van der Waals surface area contributed by atoms with Gasteiger partial charge in [-0.1, -0.05) is 6.07 Å². The molecule has 88 valence electrons. The van der Waals surface area contributed by atoms with Gasteiger partial charge in [0.05, 0.1) is 23.0 Å². The molecule has 0 fully saturated rings. The molecule has 5 nitrogen and oxygen atoms in total. The second-order valence-electron chi connectivity index (χ2n) is 3.79. The van der Waals surface area contributed by atoms with Crippen LogP contribution in [-0.2, 0) is 11.2 Å². The summed E-state index contributed by atoms with van der Waals surface area (Å²) in [6.07, 6.45) is 0.297. The van der Waals surface area contributed by atoms with E-state index in [4.69, 9.17) is 5.11 Å².